The number of phenolic OH excluding ortho intramolecular Hbond substituents is 2. The van der Waals surface area contributed by atoms with Gasteiger partial charge in [0.2, 0.25) is 0 Å². The Hall–Kier alpha value is -1.63. The Morgan fingerprint density at radius 3 is 1.74 bits per heavy atom. The summed E-state index contributed by atoms with van der Waals surface area (Å²) in [7, 11) is 0. The lowest BCUT2D eigenvalue weighted by Crippen LogP contribution is -2.30. The molecule has 1 fully saturated rings. The van der Waals surface area contributed by atoms with Gasteiger partial charge in [0.05, 0.1) is 16.7 Å². The van der Waals surface area contributed by atoms with Gasteiger partial charge in [-0.05, 0) is 36.4 Å². The molecule has 0 bridgehead atoms. The van der Waals surface area contributed by atoms with E-state index in [1.807, 2.05) is 59.9 Å². The van der Waals surface area contributed by atoms with Crippen molar-refractivity contribution in [1.82, 2.24) is 19.8 Å². The second kappa shape index (κ2) is 16.1. The molecule has 230 valence electrons. The highest BCUT2D eigenvalue weighted by atomic mass is 35.5. The number of benzene rings is 2. The van der Waals surface area contributed by atoms with Gasteiger partial charge in [-0.1, -0.05) is 23.2 Å². The highest BCUT2D eigenvalue weighted by Gasteiger charge is 2.18. The number of aliphatic hydroxyl groups excluding tert-OH is 1. The molecule has 1 saturated heterocycles. The van der Waals surface area contributed by atoms with Crippen LogP contribution in [0.15, 0.2) is 48.8 Å². The third-order valence-corrected chi connectivity index (χ3v) is 11.6. The average molecular weight is 680 g/mol. The Morgan fingerprint density at radius 1 is 0.744 bits per heavy atom. The quantitative estimate of drug-likeness (QED) is 0.221. The fraction of sp³-hybridized carbons (Fsp3) is 0.419. The average Bonchev–Trinajstić information content (AvgIpc) is 3.03. The van der Waals surface area contributed by atoms with Gasteiger partial charge in [0.1, 0.15) is 22.5 Å². The van der Waals surface area contributed by atoms with E-state index in [-0.39, 0.29) is 23.4 Å². The lowest BCUT2D eigenvalue weighted by Gasteiger charge is -2.24. The predicted molar refractivity (Wildman–Crippen MR) is 185 cm³/mol. The molecule has 4 aromatic rings. The number of pyridine rings is 2. The number of aromatic nitrogens is 2. The minimum absolute atomic E-state index is 0.139. The zero-order chi connectivity index (χ0) is 30.2. The lowest BCUT2D eigenvalue weighted by atomic mass is 10.1. The van der Waals surface area contributed by atoms with Crippen LogP contribution in [0.4, 0.5) is 0 Å². The number of phenols is 2. The predicted octanol–water partition coefficient (Wildman–Crippen LogP) is 6.38. The van der Waals surface area contributed by atoms with Gasteiger partial charge in [-0.15, -0.1) is 0 Å². The fourth-order valence-electron chi connectivity index (χ4n) is 5.14. The smallest absolute Gasteiger partial charge is 0.146 e. The summed E-state index contributed by atoms with van der Waals surface area (Å²) in [5, 5.41) is 34.9. The molecule has 2 aromatic heterocycles. The summed E-state index contributed by atoms with van der Waals surface area (Å²) in [6, 6.07) is 11.1. The van der Waals surface area contributed by atoms with E-state index in [0.29, 0.717) is 34.2 Å². The van der Waals surface area contributed by atoms with E-state index >= 15 is 0 Å². The normalized spacial score (nSPS) is 18.9. The van der Waals surface area contributed by atoms with Crippen LogP contribution < -0.4 is 0 Å². The second-order valence-electron chi connectivity index (χ2n) is 10.4. The molecule has 0 spiro atoms. The van der Waals surface area contributed by atoms with Crippen LogP contribution in [0.25, 0.3) is 21.8 Å². The SMILES string of the molecule is OC[C@@H]1CSCCN(Cc2cc(Cl)c3cccnc3c2O)CCSCCN(Cc2cc(Cl)c3cccnc3c2O)CCS1. The molecule has 5 rings (SSSR count). The van der Waals surface area contributed by atoms with Crippen molar-refractivity contribution in [3.8, 4) is 11.5 Å². The summed E-state index contributed by atoms with van der Waals surface area (Å²) in [6.07, 6.45) is 3.34. The first-order valence-electron chi connectivity index (χ1n) is 14.3. The van der Waals surface area contributed by atoms with Crippen LogP contribution in [0.5, 0.6) is 11.5 Å². The van der Waals surface area contributed by atoms with Crippen LogP contribution in [-0.4, -0.2) is 102 Å². The summed E-state index contributed by atoms with van der Waals surface area (Å²) in [5.41, 5.74) is 2.61. The lowest BCUT2D eigenvalue weighted by molar-refractivity contribution is 0.292. The van der Waals surface area contributed by atoms with E-state index in [2.05, 4.69) is 19.8 Å². The third-order valence-electron chi connectivity index (χ3n) is 7.50. The highest BCUT2D eigenvalue weighted by Crippen LogP contribution is 2.35. The maximum absolute atomic E-state index is 11.0. The number of rotatable bonds is 5. The van der Waals surface area contributed by atoms with Crippen LogP contribution in [0.2, 0.25) is 10.0 Å². The molecule has 7 nitrogen and oxygen atoms in total. The number of nitrogens with zero attached hydrogens (tertiary/aromatic N) is 4. The van der Waals surface area contributed by atoms with Crippen molar-refractivity contribution in [3.05, 3.63) is 70.0 Å². The topological polar surface area (TPSA) is 93.0 Å². The van der Waals surface area contributed by atoms with Crippen LogP contribution in [-0.2, 0) is 13.1 Å². The van der Waals surface area contributed by atoms with Gasteiger partial charge in [0, 0.05) is 108 Å². The largest absolute Gasteiger partial charge is 0.505 e. The van der Waals surface area contributed by atoms with Gasteiger partial charge in [0.15, 0.2) is 0 Å². The molecule has 3 heterocycles. The van der Waals surface area contributed by atoms with Crippen molar-refractivity contribution in [2.75, 3.05) is 61.6 Å². The Bertz CT molecular complexity index is 1530. The number of hydrogen-bond acceptors (Lipinski definition) is 10. The van der Waals surface area contributed by atoms with E-state index < -0.39 is 0 Å². The van der Waals surface area contributed by atoms with Crippen molar-refractivity contribution in [3.63, 3.8) is 0 Å². The van der Waals surface area contributed by atoms with E-state index in [4.69, 9.17) is 23.2 Å². The molecular weight excluding hydrogens is 643 g/mol. The first-order valence-corrected chi connectivity index (χ1v) is 18.4. The Kier molecular flexibility index (Phi) is 12.3. The number of hydrogen-bond donors (Lipinski definition) is 3. The van der Waals surface area contributed by atoms with Crippen molar-refractivity contribution in [2.24, 2.45) is 0 Å². The van der Waals surface area contributed by atoms with Crippen LogP contribution >= 0.6 is 58.5 Å². The van der Waals surface area contributed by atoms with Gasteiger partial charge >= 0.3 is 0 Å². The van der Waals surface area contributed by atoms with Gasteiger partial charge in [-0.2, -0.15) is 35.3 Å². The van der Waals surface area contributed by atoms with Crippen molar-refractivity contribution < 1.29 is 15.3 Å². The van der Waals surface area contributed by atoms with Crippen LogP contribution in [0.3, 0.4) is 0 Å². The minimum Gasteiger partial charge on any atom is -0.505 e. The molecule has 1 aliphatic rings. The van der Waals surface area contributed by atoms with E-state index in [0.717, 1.165) is 76.8 Å². The van der Waals surface area contributed by atoms with Crippen molar-refractivity contribution >= 4 is 80.3 Å². The summed E-state index contributed by atoms with van der Waals surface area (Å²) < 4.78 is 0. The summed E-state index contributed by atoms with van der Waals surface area (Å²) in [5.74, 6) is 4.95. The zero-order valence-corrected chi connectivity index (χ0v) is 27.8. The fourth-order valence-corrected chi connectivity index (χ4v) is 9.08. The molecular formula is C31H36Cl2N4O3S3. The molecule has 0 unspecified atom stereocenters. The molecule has 1 aliphatic heterocycles. The van der Waals surface area contributed by atoms with Crippen molar-refractivity contribution in [2.45, 2.75) is 18.3 Å². The number of aliphatic hydroxyl groups is 1. The first kappa shape index (κ1) is 32.8. The second-order valence-corrected chi connectivity index (χ2v) is 15.0. The van der Waals surface area contributed by atoms with Gasteiger partial charge in [-0.3, -0.25) is 19.8 Å². The van der Waals surface area contributed by atoms with Gasteiger partial charge in [0.25, 0.3) is 0 Å². The molecule has 12 heteroatoms. The molecule has 0 amide bonds. The number of thioether (sulfide) groups is 3. The maximum Gasteiger partial charge on any atom is 0.146 e. The van der Waals surface area contributed by atoms with Crippen LogP contribution in [0, 0.1) is 0 Å². The molecule has 0 radical (unpaired) electrons. The molecule has 0 saturated carbocycles. The minimum atomic E-state index is 0.139. The van der Waals surface area contributed by atoms with Gasteiger partial charge in [-0.25, -0.2) is 0 Å². The van der Waals surface area contributed by atoms with E-state index in [9.17, 15) is 15.3 Å². The van der Waals surface area contributed by atoms with Crippen LogP contribution in [0.1, 0.15) is 11.1 Å². The molecule has 1 atom stereocenters. The molecule has 2 aromatic carbocycles. The molecule has 43 heavy (non-hydrogen) atoms. The summed E-state index contributed by atoms with van der Waals surface area (Å²) in [4.78, 5) is 13.4. The number of aromatic hydroxyl groups is 2. The van der Waals surface area contributed by atoms with E-state index in [1.54, 1.807) is 24.2 Å². The standard InChI is InChI=1S/C31H36Cl2N4O3S3/c32-26-15-21(30(39)28-24(26)3-1-5-34-28)17-36-7-11-41-12-8-37(10-14-43-23(19-38)20-42-13-9-36)18-22-16-27(33)25-4-2-6-35-29(25)31(22)40/h1-6,15-16,23,38-40H,7-14,17-20H2/t23-/m1/s1. The molecule has 0 aliphatic carbocycles. The number of fused-ring (bicyclic) bond motifs is 2. The monoisotopic (exact) mass is 678 g/mol. The first-order chi connectivity index (χ1) is 20.9. The zero-order valence-electron chi connectivity index (χ0n) is 23.8. The highest BCUT2D eigenvalue weighted by molar-refractivity contribution is 8.03. The Balaban J connectivity index is 1.27. The third kappa shape index (κ3) is 8.55. The summed E-state index contributed by atoms with van der Waals surface area (Å²) in [6.45, 7) is 4.72. The van der Waals surface area contributed by atoms with Gasteiger partial charge < -0.3 is 15.3 Å². The van der Waals surface area contributed by atoms with E-state index in [1.165, 1.54) is 0 Å². The number of halogens is 2. The maximum atomic E-state index is 11.0. The summed E-state index contributed by atoms with van der Waals surface area (Å²) >= 11 is 18.7. The van der Waals surface area contributed by atoms with Crippen molar-refractivity contribution in [1.29, 1.82) is 0 Å². The Labute approximate surface area is 275 Å². The molecule has 3 N–H and O–H groups in total. The Morgan fingerprint density at radius 2 is 1.23 bits per heavy atom.